The predicted octanol–water partition coefficient (Wildman–Crippen LogP) is 2.09. The third kappa shape index (κ3) is 2.85. The maximum absolute atomic E-state index is 5.45. The third-order valence-corrected chi connectivity index (χ3v) is 2.37. The van der Waals surface area contributed by atoms with Gasteiger partial charge in [-0.3, -0.25) is 4.68 Å². The van der Waals surface area contributed by atoms with Gasteiger partial charge < -0.3 is 4.74 Å². The van der Waals surface area contributed by atoms with Gasteiger partial charge in [0.15, 0.2) is 5.82 Å². The molecule has 0 aliphatic heterocycles. The van der Waals surface area contributed by atoms with Crippen molar-refractivity contribution in [1.29, 1.82) is 0 Å². The van der Waals surface area contributed by atoms with E-state index in [2.05, 4.69) is 26.9 Å². The maximum atomic E-state index is 5.45. The minimum absolute atomic E-state index is 0.543. The molecule has 2 aromatic heterocycles. The molecule has 0 fully saturated rings. The molecule has 0 saturated heterocycles. The lowest BCUT2D eigenvalue weighted by atomic mass is 10.3. The quantitative estimate of drug-likeness (QED) is 0.813. The Morgan fingerprint density at radius 1 is 1.47 bits per heavy atom. The summed E-state index contributed by atoms with van der Waals surface area (Å²) in [5.41, 5.74) is 0.980. The Morgan fingerprint density at radius 2 is 2.35 bits per heavy atom. The van der Waals surface area contributed by atoms with Gasteiger partial charge in [-0.1, -0.05) is 6.07 Å². The predicted molar refractivity (Wildman–Crippen MR) is 66.2 cm³/mol. The van der Waals surface area contributed by atoms with Crippen molar-refractivity contribution in [2.45, 2.75) is 13.5 Å². The summed E-state index contributed by atoms with van der Waals surface area (Å²) in [6, 6.07) is 5.60. The molecule has 0 bridgehead atoms. The molecule has 0 aliphatic rings. The van der Waals surface area contributed by atoms with Gasteiger partial charge in [0.2, 0.25) is 5.88 Å². The first-order valence-corrected chi connectivity index (χ1v) is 5.63. The lowest BCUT2D eigenvalue weighted by Crippen LogP contribution is -2.04. The highest BCUT2D eigenvalue weighted by molar-refractivity contribution is 7.47. The van der Waals surface area contributed by atoms with E-state index in [1.165, 1.54) is 0 Å². The fourth-order valence-electron chi connectivity index (χ4n) is 1.47. The van der Waals surface area contributed by atoms with Gasteiger partial charge in [-0.2, -0.15) is 9.46 Å². The van der Waals surface area contributed by atoms with Gasteiger partial charge in [0, 0.05) is 36.4 Å². The first-order chi connectivity index (χ1) is 8.33. The van der Waals surface area contributed by atoms with Crippen LogP contribution in [0.15, 0.2) is 35.0 Å². The van der Waals surface area contributed by atoms with E-state index in [-0.39, 0.29) is 0 Å². The molecule has 0 N–H and O–H groups in total. The van der Waals surface area contributed by atoms with Crippen LogP contribution in [-0.4, -0.2) is 21.4 Å². The molecule has 0 aromatic carbocycles. The topological polar surface area (TPSA) is 52.3 Å². The highest BCUT2D eigenvalue weighted by atomic mass is 32.1. The summed E-state index contributed by atoms with van der Waals surface area (Å²) in [7, 11) is 0. The van der Waals surface area contributed by atoms with Gasteiger partial charge in [-0.05, 0) is 13.0 Å². The van der Waals surface area contributed by atoms with Crippen molar-refractivity contribution in [2.24, 2.45) is 4.36 Å². The molecular weight excluding hydrogens is 236 g/mol. The average molecular weight is 248 g/mol. The van der Waals surface area contributed by atoms with Crippen LogP contribution in [0, 0.1) is 0 Å². The molecule has 5 nitrogen and oxygen atoms in total. The van der Waals surface area contributed by atoms with Crippen molar-refractivity contribution in [3.8, 4) is 5.88 Å². The van der Waals surface area contributed by atoms with Crippen molar-refractivity contribution in [3.63, 3.8) is 0 Å². The molecule has 0 amide bonds. The van der Waals surface area contributed by atoms with Crippen molar-refractivity contribution in [3.05, 3.63) is 36.2 Å². The fourth-order valence-corrected chi connectivity index (χ4v) is 1.57. The molecule has 6 heteroatoms. The molecule has 17 heavy (non-hydrogen) atoms. The Labute approximate surface area is 105 Å². The van der Waals surface area contributed by atoms with Crippen LogP contribution >= 0.6 is 0 Å². The number of nitrogens with zero attached hydrogens (tertiary/aromatic N) is 4. The lowest BCUT2D eigenvalue weighted by Gasteiger charge is -2.08. The van der Waals surface area contributed by atoms with Crippen molar-refractivity contribution in [1.82, 2.24) is 14.8 Å². The molecule has 0 spiro atoms. The Hall–Kier alpha value is -1.82. The standard InChI is InChI=1S/C11H12N4OS/c1-2-16-11-9(4-3-6-12-11)8-15-7-5-10(13-15)14-17/h3-7H,2,8H2,1H3. The van der Waals surface area contributed by atoms with Crippen LogP contribution in [0.2, 0.25) is 0 Å². The molecule has 0 saturated carbocycles. The lowest BCUT2D eigenvalue weighted by molar-refractivity contribution is 0.321. The SMILES string of the molecule is CCOc1ncccc1Cn1ccc(N=S)n1. The third-order valence-electron chi connectivity index (χ3n) is 2.18. The van der Waals surface area contributed by atoms with Gasteiger partial charge >= 0.3 is 0 Å². The zero-order chi connectivity index (χ0) is 12.1. The molecule has 2 heterocycles. The van der Waals surface area contributed by atoms with Crippen molar-refractivity contribution >= 4 is 18.2 Å². The van der Waals surface area contributed by atoms with Gasteiger partial charge in [0.1, 0.15) is 0 Å². The Balaban J connectivity index is 2.19. The second-order valence-electron chi connectivity index (χ2n) is 3.36. The Kier molecular flexibility index (Phi) is 3.77. The van der Waals surface area contributed by atoms with Gasteiger partial charge in [0.05, 0.1) is 13.2 Å². The van der Waals surface area contributed by atoms with E-state index >= 15 is 0 Å². The average Bonchev–Trinajstić information content (AvgIpc) is 2.80. The monoisotopic (exact) mass is 248 g/mol. The number of aromatic nitrogens is 3. The molecule has 0 radical (unpaired) electrons. The number of pyridine rings is 1. The second-order valence-corrected chi connectivity index (χ2v) is 3.55. The molecule has 0 atom stereocenters. The first kappa shape index (κ1) is 11.7. The van der Waals surface area contributed by atoms with Crippen LogP contribution < -0.4 is 4.74 Å². The van der Waals surface area contributed by atoms with Crippen molar-refractivity contribution in [2.75, 3.05) is 6.61 Å². The summed E-state index contributed by atoms with van der Waals surface area (Å²) in [5, 5.41) is 4.19. The molecule has 2 rings (SSSR count). The van der Waals surface area contributed by atoms with Gasteiger partial charge in [0.25, 0.3) is 0 Å². The van der Waals surface area contributed by atoms with Crippen LogP contribution in [-0.2, 0) is 19.0 Å². The smallest absolute Gasteiger partial charge is 0.218 e. The molecule has 88 valence electrons. The normalized spacial score (nSPS) is 10.2. The Bertz CT molecular complexity index is 512. The van der Waals surface area contributed by atoms with E-state index in [0.717, 1.165) is 5.56 Å². The number of rotatable bonds is 5. The van der Waals surface area contributed by atoms with E-state index in [1.54, 1.807) is 16.9 Å². The number of hydrogen-bond acceptors (Lipinski definition) is 5. The summed E-state index contributed by atoms with van der Waals surface area (Å²) in [4.78, 5) is 4.18. The van der Waals surface area contributed by atoms with Crippen molar-refractivity contribution < 1.29 is 4.74 Å². The number of hydrogen-bond donors (Lipinski definition) is 0. The number of ether oxygens (including phenoxy) is 1. The highest BCUT2D eigenvalue weighted by Crippen LogP contribution is 2.16. The molecule has 0 aliphatic carbocycles. The summed E-state index contributed by atoms with van der Waals surface area (Å²) in [5.74, 6) is 1.18. The molecular formula is C11H12N4OS. The van der Waals surface area contributed by atoms with Crippen LogP contribution in [0.4, 0.5) is 5.82 Å². The van der Waals surface area contributed by atoms with Crippen LogP contribution in [0.5, 0.6) is 5.88 Å². The summed E-state index contributed by atoms with van der Waals surface area (Å²) >= 11 is 4.58. The minimum atomic E-state index is 0.543. The van der Waals surface area contributed by atoms with Crippen LogP contribution in [0.25, 0.3) is 0 Å². The van der Waals surface area contributed by atoms with E-state index in [1.807, 2.05) is 25.3 Å². The summed E-state index contributed by atoms with van der Waals surface area (Å²) in [6.07, 6.45) is 3.54. The highest BCUT2D eigenvalue weighted by Gasteiger charge is 2.05. The zero-order valence-electron chi connectivity index (χ0n) is 9.41. The van der Waals surface area contributed by atoms with Gasteiger partial charge in [-0.25, -0.2) is 4.98 Å². The molecule has 2 aromatic rings. The van der Waals surface area contributed by atoms with Crippen LogP contribution in [0.3, 0.4) is 0 Å². The zero-order valence-corrected chi connectivity index (χ0v) is 10.2. The van der Waals surface area contributed by atoms with E-state index in [4.69, 9.17) is 4.74 Å². The first-order valence-electron chi connectivity index (χ1n) is 5.27. The largest absolute Gasteiger partial charge is 0.478 e. The Morgan fingerprint density at radius 3 is 3.06 bits per heavy atom. The summed E-state index contributed by atoms with van der Waals surface area (Å²) in [6.45, 7) is 3.12. The maximum Gasteiger partial charge on any atom is 0.218 e. The molecule has 0 unspecified atom stereocenters. The fraction of sp³-hybridized carbons (Fsp3) is 0.273. The second kappa shape index (κ2) is 5.49. The minimum Gasteiger partial charge on any atom is -0.478 e. The van der Waals surface area contributed by atoms with Gasteiger partial charge in [-0.15, -0.1) is 0 Å². The van der Waals surface area contributed by atoms with E-state index in [0.29, 0.717) is 24.8 Å². The van der Waals surface area contributed by atoms with E-state index in [9.17, 15) is 0 Å². The van der Waals surface area contributed by atoms with E-state index < -0.39 is 0 Å². The van der Waals surface area contributed by atoms with Crippen LogP contribution in [0.1, 0.15) is 12.5 Å². The summed E-state index contributed by atoms with van der Waals surface area (Å²) < 4.78 is 10.8.